The molecular weight excluding hydrogens is 367 g/mol. The second-order valence-electron chi connectivity index (χ2n) is 5.86. The Hall–Kier alpha value is -1.11. The van der Waals surface area contributed by atoms with Crippen LogP contribution in [0.5, 0.6) is 0 Å². The van der Waals surface area contributed by atoms with Crippen molar-refractivity contribution in [1.29, 1.82) is 0 Å². The van der Waals surface area contributed by atoms with Crippen molar-refractivity contribution in [2.75, 3.05) is 26.7 Å². The van der Waals surface area contributed by atoms with E-state index in [0.717, 1.165) is 5.56 Å². The van der Waals surface area contributed by atoms with Crippen molar-refractivity contribution in [1.82, 2.24) is 9.21 Å². The van der Waals surface area contributed by atoms with Crippen molar-refractivity contribution in [3.63, 3.8) is 0 Å². The fourth-order valence-electron chi connectivity index (χ4n) is 2.95. The van der Waals surface area contributed by atoms with Crippen molar-refractivity contribution in [3.05, 3.63) is 64.1 Å². The number of rotatable bonds is 3. The molecule has 1 unspecified atom stereocenters. The Morgan fingerprint density at radius 3 is 2.42 bits per heavy atom. The van der Waals surface area contributed by atoms with E-state index in [-0.39, 0.29) is 21.0 Å². The third kappa shape index (κ3) is 3.32. The summed E-state index contributed by atoms with van der Waals surface area (Å²) in [6.07, 6.45) is 0. The minimum Gasteiger partial charge on any atom is -0.303 e. The number of likely N-dealkylation sites (N-methyl/N-ethyl adjacent to an activating group) is 1. The molecular formula is C17H18Cl2N2O2S. The van der Waals surface area contributed by atoms with Crippen molar-refractivity contribution < 1.29 is 8.42 Å². The number of nitrogens with zero attached hydrogens (tertiary/aromatic N) is 2. The van der Waals surface area contributed by atoms with Gasteiger partial charge in [0.05, 0.1) is 16.1 Å². The van der Waals surface area contributed by atoms with E-state index >= 15 is 0 Å². The summed E-state index contributed by atoms with van der Waals surface area (Å²) in [5.74, 6) is 0. The molecule has 0 aromatic heterocycles. The van der Waals surface area contributed by atoms with E-state index in [4.69, 9.17) is 23.2 Å². The van der Waals surface area contributed by atoms with Gasteiger partial charge in [-0.05, 0) is 24.7 Å². The van der Waals surface area contributed by atoms with Gasteiger partial charge in [-0.2, -0.15) is 4.31 Å². The molecule has 0 N–H and O–H groups in total. The van der Waals surface area contributed by atoms with Gasteiger partial charge in [0.2, 0.25) is 10.0 Å². The number of hydrogen-bond acceptors (Lipinski definition) is 3. The quantitative estimate of drug-likeness (QED) is 0.810. The minimum atomic E-state index is -3.75. The monoisotopic (exact) mass is 384 g/mol. The van der Waals surface area contributed by atoms with Crippen LogP contribution in [-0.2, 0) is 10.0 Å². The summed E-state index contributed by atoms with van der Waals surface area (Å²) in [6.45, 7) is 1.70. The van der Waals surface area contributed by atoms with Gasteiger partial charge in [-0.25, -0.2) is 8.42 Å². The summed E-state index contributed by atoms with van der Waals surface area (Å²) in [5.41, 5.74) is 0.964. The molecule has 1 heterocycles. The van der Waals surface area contributed by atoms with Gasteiger partial charge in [-0.3, -0.25) is 0 Å². The van der Waals surface area contributed by atoms with Crippen LogP contribution in [0.2, 0.25) is 10.0 Å². The topological polar surface area (TPSA) is 40.6 Å². The van der Waals surface area contributed by atoms with Crippen LogP contribution in [0.3, 0.4) is 0 Å². The predicted molar refractivity (Wildman–Crippen MR) is 97.0 cm³/mol. The van der Waals surface area contributed by atoms with Crippen LogP contribution in [0.4, 0.5) is 0 Å². The molecule has 1 fully saturated rings. The first-order chi connectivity index (χ1) is 11.4. The molecule has 1 aliphatic heterocycles. The molecule has 1 saturated heterocycles. The van der Waals surface area contributed by atoms with Gasteiger partial charge in [0, 0.05) is 19.6 Å². The summed E-state index contributed by atoms with van der Waals surface area (Å²) in [7, 11) is -1.75. The van der Waals surface area contributed by atoms with Crippen LogP contribution < -0.4 is 0 Å². The molecule has 0 spiro atoms. The fourth-order valence-corrected chi connectivity index (χ4v) is 5.28. The molecule has 1 atom stereocenters. The average molecular weight is 385 g/mol. The molecule has 2 aromatic carbocycles. The zero-order valence-corrected chi connectivity index (χ0v) is 15.5. The second-order valence-corrected chi connectivity index (χ2v) is 8.50. The van der Waals surface area contributed by atoms with Crippen molar-refractivity contribution in [2.45, 2.75) is 10.9 Å². The van der Waals surface area contributed by atoms with Crippen LogP contribution >= 0.6 is 23.2 Å². The highest BCUT2D eigenvalue weighted by atomic mass is 35.5. The predicted octanol–water partition coefficient (Wildman–Crippen LogP) is 3.67. The van der Waals surface area contributed by atoms with E-state index in [0.29, 0.717) is 19.6 Å². The molecule has 0 bridgehead atoms. The lowest BCUT2D eigenvalue weighted by Gasteiger charge is -2.39. The summed E-state index contributed by atoms with van der Waals surface area (Å²) in [5, 5.41) is 0.313. The molecule has 7 heteroatoms. The van der Waals surface area contributed by atoms with Crippen LogP contribution in [0, 0.1) is 0 Å². The van der Waals surface area contributed by atoms with Crippen LogP contribution in [-0.4, -0.2) is 44.3 Å². The smallest absolute Gasteiger partial charge is 0.245 e. The second kappa shape index (κ2) is 7.02. The number of benzene rings is 2. The maximum Gasteiger partial charge on any atom is 0.245 e. The van der Waals surface area contributed by atoms with Gasteiger partial charge < -0.3 is 4.90 Å². The molecule has 0 radical (unpaired) electrons. The van der Waals surface area contributed by atoms with E-state index in [1.807, 2.05) is 37.4 Å². The minimum absolute atomic E-state index is 0.0575. The highest BCUT2D eigenvalue weighted by Gasteiger charge is 2.37. The normalized spacial score (nSPS) is 20.2. The number of halogens is 2. The molecule has 2 aromatic rings. The Labute approximate surface area is 152 Å². The Bertz CT molecular complexity index is 828. The molecule has 3 rings (SSSR count). The number of sulfonamides is 1. The van der Waals surface area contributed by atoms with Gasteiger partial charge in [-0.1, -0.05) is 59.6 Å². The number of piperazine rings is 1. The van der Waals surface area contributed by atoms with E-state index in [1.165, 1.54) is 10.4 Å². The zero-order chi connectivity index (χ0) is 17.3. The highest BCUT2D eigenvalue weighted by Crippen LogP contribution is 2.35. The van der Waals surface area contributed by atoms with E-state index in [1.54, 1.807) is 12.1 Å². The van der Waals surface area contributed by atoms with E-state index < -0.39 is 10.0 Å². The Balaban J connectivity index is 2.06. The Kier molecular flexibility index (Phi) is 5.18. The average Bonchev–Trinajstić information content (AvgIpc) is 2.57. The lowest BCUT2D eigenvalue weighted by atomic mass is 10.1. The van der Waals surface area contributed by atoms with Crippen LogP contribution in [0.1, 0.15) is 11.6 Å². The van der Waals surface area contributed by atoms with Gasteiger partial charge in [0.15, 0.2) is 0 Å². The third-order valence-electron chi connectivity index (χ3n) is 4.22. The van der Waals surface area contributed by atoms with Crippen molar-refractivity contribution in [3.8, 4) is 0 Å². The SMILES string of the molecule is CN1CCN(S(=O)(=O)c2cccc(Cl)c2Cl)C(c2ccccc2)C1. The summed E-state index contributed by atoms with van der Waals surface area (Å²) in [6, 6.07) is 14.1. The van der Waals surface area contributed by atoms with Gasteiger partial charge in [0.25, 0.3) is 0 Å². The van der Waals surface area contributed by atoms with E-state index in [9.17, 15) is 8.42 Å². The maximum absolute atomic E-state index is 13.2. The van der Waals surface area contributed by atoms with E-state index in [2.05, 4.69) is 4.90 Å². The maximum atomic E-state index is 13.2. The van der Waals surface area contributed by atoms with Gasteiger partial charge in [-0.15, -0.1) is 0 Å². The number of hydrogen-bond donors (Lipinski definition) is 0. The molecule has 0 saturated carbocycles. The lowest BCUT2D eigenvalue weighted by molar-refractivity contribution is 0.161. The summed E-state index contributed by atoms with van der Waals surface area (Å²) in [4.78, 5) is 2.19. The fraction of sp³-hybridized carbons (Fsp3) is 0.294. The molecule has 0 amide bonds. The lowest BCUT2D eigenvalue weighted by Crippen LogP contribution is -2.49. The first-order valence-electron chi connectivity index (χ1n) is 7.60. The standard InChI is InChI=1S/C17H18Cl2N2O2S/c1-20-10-11-21(15(12-20)13-6-3-2-4-7-13)24(22,23)16-9-5-8-14(18)17(16)19/h2-9,15H,10-12H2,1H3. The van der Waals surface area contributed by atoms with Gasteiger partial charge >= 0.3 is 0 Å². The van der Waals surface area contributed by atoms with Crippen LogP contribution in [0.15, 0.2) is 53.4 Å². The molecule has 24 heavy (non-hydrogen) atoms. The first kappa shape index (κ1) is 17.7. The third-order valence-corrected chi connectivity index (χ3v) is 7.10. The summed E-state index contributed by atoms with van der Waals surface area (Å²) < 4.78 is 28.0. The van der Waals surface area contributed by atoms with Crippen molar-refractivity contribution >= 4 is 33.2 Å². The Morgan fingerprint density at radius 1 is 1.00 bits per heavy atom. The Morgan fingerprint density at radius 2 is 1.71 bits per heavy atom. The first-order valence-corrected chi connectivity index (χ1v) is 9.80. The van der Waals surface area contributed by atoms with Crippen molar-refractivity contribution in [2.24, 2.45) is 0 Å². The molecule has 1 aliphatic rings. The van der Waals surface area contributed by atoms with Crippen LogP contribution in [0.25, 0.3) is 0 Å². The molecule has 128 valence electrons. The summed E-state index contributed by atoms with van der Waals surface area (Å²) >= 11 is 12.2. The molecule has 4 nitrogen and oxygen atoms in total. The van der Waals surface area contributed by atoms with Gasteiger partial charge in [0.1, 0.15) is 4.90 Å². The highest BCUT2D eigenvalue weighted by molar-refractivity contribution is 7.89. The largest absolute Gasteiger partial charge is 0.303 e. The zero-order valence-electron chi connectivity index (χ0n) is 13.2. The molecule has 0 aliphatic carbocycles.